The molecular weight excluding hydrogens is 212 g/mol. The van der Waals surface area contributed by atoms with Crippen LogP contribution in [0.1, 0.15) is 31.5 Å². The summed E-state index contributed by atoms with van der Waals surface area (Å²) < 4.78 is 0. The van der Waals surface area contributed by atoms with Gasteiger partial charge in [-0.25, -0.2) is 4.98 Å². The largest absolute Gasteiger partial charge is 0.335 e. The molecular formula is C10H13ClN4. The number of rotatable bonds is 1. The molecule has 2 saturated heterocycles. The molecule has 1 aromatic heterocycles. The molecule has 3 heterocycles. The molecule has 0 aromatic carbocycles. The van der Waals surface area contributed by atoms with Crippen LogP contribution in [0.2, 0.25) is 5.28 Å². The van der Waals surface area contributed by atoms with Crippen molar-refractivity contribution in [2.45, 2.75) is 44.7 Å². The minimum atomic E-state index is 0.309. The molecule has 2 aliphatic heterocycles. The van der Waals surface area contributed by atoms with Crippen molar-refractivity contribution in [3.05, 3.63) is 11.1 Å². The molecule has 0 radical (unpaired) electrons. The molecule has 0 aliphatic carbocycles. The zero-order chi connectivity index (χ0) is 10.4. The van der Waals surface area contributed by atoms with Crippen molar-refractivity contribution in [1.82, 2.24) is 15.0 Å². The van der Waals surface area contributed by atoms with Gasteiger partial charge in [-0.1, -0.05) is 0 Å². The van der Waals surface area contributed by atoms with Crippen LogP contribution in [0.25, 0.3) is 0 Å². The van der Waals surface area contributed by atoms with Crippen molar-refractivity contribution < 1.29 is 0 Å². The van der Waals surface area contributed by atoms with Crippen LogP contribution < -0.4 is 4.90 Å². The Morgan fingerprint density at radius 1 is 1.07 bits per heavy atom. The highest BCUT2D eigenvalue weighted by Gasteiger charge is 2.40. The molecule has 0 amide bonds. The summed E-state index contributed by atoms with van der Waals surface area (Å²) in [6.45, 7) is 1.86. The second-order valence-corrected chi connectivity index (χ2v) is 4.66. The number of aryl methyl sites for hydroxylation is 1. The molecule has 3 rings (SSSR count). The van der Waals surface area contributed by atoms with Gasteiger partial charge in [0.25, 0.3) is 0 Å². The molecule has 15 heavy (non-hydrogen) atoms. The summed E-state index contributed by atoms with van der Waals surface area (Å²) in [4.78, 5) is 14.9. The molecule has 0 atom stereocenters. The Hall–Kier alpha value is -0.900. The fraction of sp³-hybridized carbons (Fsp3) is 0.700. The lowest BCUT2D eigenvalue weighted by molar-refractivity contribution is 0.576. The fourth-order valence-electron chi connectivity index (χ4n) is 2.79. The van der Waals surface area contributed by atoms with Gasteiger partial charge >= 0.3 is 0 Å². The molecule has 0 unspecified atom stereocenters. The third-order valence-electron chi connectivity index (χ3n) is 3.39. The van der Waals surface area contributed by atoms with E-state index in [-0.39, 0.29) is 0 Å². The molecule has 2 bridgehead atoms. The van der Waals surface area contributed by atoms with Crippen LogP contribution in [0.3, 0.4) is 0 Å². The summed E-state index contributed by atoms with van der Waals surface area (Å²) in [5, 5.41) is 0.309. The Morgan fingerprint density at radius 2 is 1.67 bits per heavy atom. The topological polar surface area (TPSA) is 41.9 Å². The van der Waals surface area contributed by atoms with Crippen molar-refractivity contribution in [3.63, 3.8) is 0 Å². The Bertz CT molecular complexity index is 355. The molecule has 0 spiro atoms. The van der Waals surface area contributed by atoms with E-state index in [4.69, 9.17) is 11.6 Å². The first-order chi connectivity index (χ1) is 7.24. The maximum Gasteiger partial charge on any atom is 0.230 e. The normalized spacial score (nSPS) is 28.8. The Morgan fingerprint density at radius 3 is 2.20 bits per heavy atom. The van der Waals surface area contributed by atoms with Crippen LogP contribution in [0.15, 0.2) is 0 Å². The number of hydrogen-bond donors (Lipinski definition) is 0. The quantitative estimate of drug-likeness (QED) is 0.732. The van der Waals surface area contributed by atoms with Gasteiger partial charge in [-0.05, 0) is 44.2 Å². The van der Waals surface area contributed by atoms with Crippen LogP contribution in [0, 0.1) is 6.92 Å². The van der Waals surface area contributed by atoms with E-state index in [1.165, 1.54) is 25.7 Å². The first-order valence-corrected chi connectivity index (χ1v) is 5.78. The summed E-state index contributed by atoms with van der Waals surface area (Å²) in [5.41, 5.74) is 0. The van der Waals surface area contributed by atoms with Gasteiger partial charge in [0.15, 0.2) is 0 Å². The molecule has 5 heteroatoms. The highest BCUT2D eigenvalue weighted by molar-refractivity contribution is 6.28. The molecule has 0 saturated carbocycles. The van der Waals surface area contributed by atoms with Crippen LogP contribution >= 0.6 is 11.6 Å². The number of nitrogens with zero attached hydrogens (tertiary/aromatic N) is 4. The molecule has 1 aromatic rings. The molecule has 0 N–H and O–H groups in total. The molecule has 2 aliphatic rings. The maximum absolute atomic E-state index is 5.86. The number of hydrogen-bond acceptors (Lipinski definition) is 4. The predicted octanol–water partition coefficient (Wildman–Crippen LogP) is 1.96. The number of halogens is 1. The van der Waals surface area contributed by atoms with E-state index in [0.29, 0.717) is 23.2 Å². The Balaban J connectivity index is 1.99. The van der Waals surface area contributed by atoms with E-state index >= 15 is 0 Å². The molecule has 80 valence electrons. The SMILES string of the molecule is Cc1nc(Cl)nc(N2C3CCC2CC3)n1. The zero-order valence-corrected chi connectivity index (χ0v) is 9.41. The fourth-order valence-corrected chi connectivity index (χ4v) is 2.99. The van der Waals surface area contributed by atoms with E-state index in [1.807, 2.05) is 6.92 Å². The van der Waals surface area contributed by atoms with E-state index in [1.54, 1.807) is 0 Å². The van der Waals surface area contributed by atoms with Gasteiger partial charge in [0, 0.05) is 12.1 Å². The average molecular weight is 225 g/mol. The monoisotopic (exact) mass is 224 g/mol. The van der Waals surface area contributed by atoms with Gasteiger partial charge in [-0.2, -0.15) is 9.97 Å². The number of anilines is 1. The lowest BCUT2D eigenvalue weighted by atomic mass is 10.0. The first-order valence-electron chi connectivity index (χ1n) is 5.40. The number of fused-ring (bicyclic) bond motifs is 2. The third-order valence-corrected chi connectivity index (χ3v) is 3.56. The van der Waals surface area contributed by atoms with Gasteiger partial charge in [-0.3, -0.25) is 0 Å². The van der Waals surface area contributed by atoms with Crippen LogP contribution in [0.4, 0.5) is 5.95 Å². The predicted molar refractivity (Wildman–Crippen MR) is 58.1 cm³/mol. The summed E-state index contributed by atoms with van der Waals surface area (Å²) in [7, 11) is 0. The Kier molecular flexibility index (Phi) is 2.06. The van der Waals surface area contributed by atoms with Crippen molar-refractivity contribution in [2.24, 2.45) is 0 Å². The summed E-state index contributed by atoms with van der Waals surface area (Å²) in [6.07, 6.45) is 5.08. The van der Waals surface area contributed by atoms with Crippen LogP contribution in [-0.2, 0) is 0 Å². The van der Waals surface area contributed by atoms with Gasteiger partial charge in [0.05, 0.1) is 0 Å². The zero-order valence-electron chi connectivity index (χ0n) is 8.65. The summed E-state index contributed by atoms with van der Waals surface area (Å²) >= 11 is 5.86. The van der Waals surface area contributed by atoms with Crippen molar-refractivity contribution in [1.29, 1.82) is 0 Å². The highest BCUT2D eigenvalue weighted by Crippen LogP contribution is 2.39. The van der Waals surface area contributed by atoms with Crippen LogP contribution in [-0.4, -0.2) is 27.0 Å². The maximum atomic E-state index is 5.86. The minimum absolute atomic E-state index is 0.309. The van der Waals surface area contributed by atoms with Gasteiger partial charge in [-0.15, -0.1) is 0 Å². The van der Waals surface area contributed by atoms with Gasteiger partial charge < -0.3 is 4.90 Å². The average Bonchev–Trinajstić information content (AvgIpc) is 2.74. The highest BCUT2D eigenvalue weighted by atomic mass is 35.5. The lowest BCUT2D eigenvalue weighted by Crippen LogP contribution is -2.30. The van der Waals surface area contributed by atoms with Gasteiger partial charge in [0.2, 0.25) is 11.2 Å². The second kappa shape index (κ2) is 3.30. The second-order valence-electron chi connectivity index (χ2n) is 4.32. The van der Waals surface area contributed by atoms with Crippen molar-refractivity contribution >= 4 is 17.5 Å². The van der Waals surface area contributed by atoms with E-state index < -0.39 is 0 Å². The molecule has 4 nitrogen and oxygen atoms in total. The number of aromatic nitrogens is 3. The van der Waals surface area contributed by atoms with Crippen LogP contribution in [0.5, 0.6) is 0 Å². The standard InChI is InChI=1S/C10H13ClN4/c1-6-12-9(11)14-10(13-6)15-7-2-3-8(15)5-4-7/h7-8H,2-5H2,1H3. The third kappa shape index (κ3) is 1.47. The summed E-state index contributed by atoms with van der Waals surface area (Å²) in [5.74, 6) is 1.48. The molecule has 2 fully saturated rings. The van der Waals surface area contributed by atoms with E-state index in [0.717, 1.165) is 5.95 Å². The lowest BCUT2D eigenvalue weighted by Gasteiger charge is -2.21. The Labute approximate surface area is 93.7 Å². The first kappa shape index (κ1) is 9.33. The summed E-state index contributed by atoms with van der Waals surface area (Å²) in [6, 6.07) is 1.26. The minimum Gasteiger partial charge on any atom is -0.335 e. The van der Waals surface area contributed by atoms with Crippen molar-refractivity contribution in [2.75, 3.05) is 4.90 Å². The smallest absolute Gasteiger partial charge is 0.230 e. The van der Waals surface area contributed by atoms with E-state index in [9.17, 15) is 0 Å². The van der Waals surface area contributed by atoms with Crippen molar-refractivity contribution in [3.8, 4) is 0 Å². The van der Waals surface area contributed by atoms with Gasteiger partial charge in [0.1, 0.15) is 5.82 Å². The van der Waals surface area contributed by atoms with E-state index in [2.05, 4.69) is 19.9 Å².